The average Bonchev–Trinajstić information content (AvgIpc) is 2.35. The number of hydrogen-bond acceptors (Lipinski definition) is 3. The molecule has 0 aliphatic carbocycles. The molecule has 0 amide bonds. The summed E-state index contributed by atoms with van der Waals surface area (Å²) in [7, 11) is -4.46. The van der Waals surface area contributed by atoms with Gasteiger partial charge in [0.15, 0.2) is 11.6 Å². The Balaban J connectivity index is 2.13. The lowest BCUT2D eigenvalue weighted by Gasteiger charge is -2.14. The van der Waals surface area contributed by atoms with Crippen molar-refractivity contribution in [2.75, 3.05) is 0 Å². The molecule has 1 atom stereocenters. The summed E-state index contributed by atoms with van der Waals surface area (Å²) in [5.74, 6) is -1.02. The van der Waals surface area contributed by atoms with Gasteiger partial charge in [0.05, 0.1) is 0 Å². The number of rotatable bonds is 4. The predicted octanol–water partition coefficient (Wildman–Crippen LogP) is 4.04. The summed E-state index contributed by atoms with van der Waals surface area (Å²) in [6.07, 6.45) is 0. The lowest BCUT2D eigenvalue weighted by Crippen LogP contribution is -2.00. The first kappa shape index (κ1) is 13.9. The zero-order valence-corrected chi connectivity index (χ0v) is 11.1. The average molecular weight is 303 g/mol. The third-order valence-electron chi connectivity index (χ3n) is 2.08. The second-order valence-corrected chi connectivity index (χ2v) is 5.27. The molecule has 0 radical (unpaired) electrons. The summed E-state index contributed by atoms with van der Waals surface area (Å²) in [5.41, 5.74) is 0. The summed E-state index contributed by atoms with van der Waals surface area (Å²) in [6.45, 7) is 0. The Morgan fingerprint density at radius 2 is 1.68 bits per heavy atom. The zero-order chi connectivity index (χ0) is 13.9. The highest BCUT2D eigenvalue weighted by Crippen LogP contribution is 2.44. The maximum absolute atomic E-state index is 13.3. The van der Waals surface area contributed by atoms with Crippen molar-refractivity contribution in [3.63, 3.8) is 0 Å². The van der Waals surface area contributed by atoms with E-state index < -0.39 is 13.6 Å². The van der Waals surface area contributed by atoms with Gasteiger partial charge in [-0.3, -0.25) is 4.89 Å². The van der Waals surface area contributed by atoms with Crippen LogP contribution in [0.1, 0.15) is 0 Å². The van der Waals surface area contributed by atoms with Crippen LogP contribution in [0.2, 0.25) is 5.02 Å². The maximum atomic E-state index is 13.3. The summed E-state index contributed by atoms with van der Waals surface area (Å²) in [4.78, 5) is 9.53. The van der Waals surface area contributed by atoms with Crippen molar-refractivity contribution in [2.45, 2.75) is 0 Å². The van der Waals surface area contributed by atoms with Crippen molar-refractivity contribution in [3.8, 4) is 11.5 Å². The van der Waals surface area contributed by atoms with Gasteiger partial charge >= 0.3 is 7.82 Å². The molecule has 0 spiro atoms. The normalized spacial score (nSPS) is 13.6. The van der Waals surface area contributed by atoms with Gasteiger partial charge in [-0.15, -0.1) is 0 Å². The third kappa shape index (κ3) is 3.96. The predicted molar refractivity (Wildman–Crippen MR) is 68.9 cm³/mol. The van der Waals surface area contributed by atoms with Crippen molar-refractivity contribution in [3.05, 3.63) is 59.4 Å². The highest BCUT2D eigenvalue weighted by molar-refractivity contribution is 7.48. The smallest absolute Gasteiger partial charge is 0.395 e. The molecule has 0 saturated heterocycles. The monoisotopic (exact) mass is 302 g/mol. The molecule has 2 rings (SSSR count). The standard InChI is InChI=1S/C12H9ClFO4P/c13-9-5-7-10(8-6-9)17-19(15,16)18-12-4-2-1-3-11(12)14/h1-8H,(H,15,16). The highest BCUT2D eigenvalue weighted by Gasteiger charge is 2.26. The minimum Gasteiger partial charge on any atom is -0.395 e. The van der Waals surface area contributed by atoms with Crippen LogP contribution < -0.4 is 9.05 Å². The fourth-order valence-corrected chi connectivity index (χ4v) is 2.24. The first-order chi connectivity index (χ1) is 8.96. The molecule has 1 N–H and O–H groups in total. The summed E-state index contributed by atoms with van der Waals surface area (Å²) in [6, 6.07) is 11.0. The van der Waals surface area contributed by atoms with E-state index in [1.54, 1.807) is 0 Å². The lowest BCUT2D eigenvalue weighted by atomic mass is 10.3. The van der Waals surface area contributed by atoms with Crippen molar-refractivity contribution < 1.29 is 22.9 Å². The molecule has 2 aromatic rings. The van der Waals surface area contributed by atoms with Gasteiger partial charge in [0.25, 0.3) is 0 Å². The molecule has 2 aromatic carbocycles. The molecular formula is C12H9ClFO4P. The van der Waals surface area contributed by atoms with E-state index in [4.69, 9.17) is 16.1 Å². The van der Waals surface area contributed by atoms with Gasteiger partial charge in [-0.1, -0.05) is 23.7 Å². The number of para-hydroxylation sites is 1. The molecule has 0 aliphatic rings. The van der Waals surface area contributed by atoms with E-state index in [0.29, 0.717) is 5.02 Å². The van der Waals surface area contributed by atoms with Gasteiger partial charge in [-0.25, -0.2) is 8.96 Å². The number of phosphoric ester groups is 1. The molecule has 0 fully saturated rings. The van der Waals surface area contributed by atoms with Crippen molar-refractivity contribution in [1.82, 2.24) is 0 Å². The van der Waals surface area contributed by atoms with E-state index in [0.717, 1.165) is 6.07 Å². The van der Waals surface area contributed by atoms with Crippen LogP contribution in [0.15, 0.2) is 48.5 Å². The molecule has 7 heteroatoms. The van der Waals surface area contributed by atoms with Crippen LogP contribution in [0.3, 0.4) is 0 Å². The van der Waals surface area contributed by atoms with Crippen LogP contribution in [0.5, 0.6) is 11.5 Å². The fourth-order valence-electron chi connectivity index (χ4n) is 1.29. The van der Waals surface area contributed by atoms with E-state index in [-0.39, 0.29) is 11.5 Å². The van der Waals surface area contributed by atoms with Crippen LogP contribution in [-0.4, -0.2) is 4.89 Å². The second kappa shape index (κ2) is 5.61. The van der Waals surface area contributed by atoms with Crippen molar-refractivity contribution in [2.24, 2.45) is 0 Å². The molecule has 0 aliphatic heterocycles. The van der Waals surface area contributed by atoms with Crippen molar-refractivity contribution >= 4 is 19.4 Å². The second-order valence-electron chi connectivity index (χ2n) is 3.54. The molecule has 19 heavy (non-hydrogen) atoms. The van der Waals surface area contributed by atoms with Crippen LogP contribution in [0.25, 0.3) is 0 Å². The van der Waals surface area contributed by atoms with Gasteiger partial charge < -0.3 is 9.05 Å². The Labute approximate surface area is 114 Å². The number of benzene rings is 2. The summed E-state index contributed by atoms with van der Waals surface area (Å²) in [5, 5.41) is 0.454. The number of phosphoric acid groups is 1. The molecule has 100 valence electrons. The largest absolute Gasteiger partial charge is 0.585 e. The zero-order valence-electron chi connectivity index (χ0n) is 9.49. The van der Waals surface area contributed by atoms with E-state index >= 15 is 0 Å². The first-order valence-electron chi connectivity index (χ1n) is 5.18. The first-order valence-corrected chi connectivity index (χ1v) is 7.06. The topological polar surface area (TPSA) is 55.8 Å². The SMILES string of the molecule is O=P(O)(Oc1ccc(Cl)cc1)Oc1ccccc1F. The van der Waals surface area contributed by atoms with Gasteiger partial charge in [-0.05, 0) is 36.4 Å². The van der Waals surface area contributed by atoms with E-state index in [2.05, 4.69) is 4.52 Å². The minimum absolute atomic E-state index is 0.0894. The van der Waals surface area contributed by atoms with Gasteiger partial charge in [0, 0.05) is 5.02 Å². The Hall–Kier alpha value is -1.55. The Kier molecular flexibility index (Phi) is 4.10. The fraction of sp³-hybridized carbons (Fsp3) is 0. The maximum Gasteiger partial charge on any atom is 0.585 e. The third-order valence-corrected chi connectivity index (χ3v) is 3.21. The Morgan fingerprint density at radius 3 is 2.32 bits per heavy atom. The van der Waals surface area contributed by atoms with Crippen molar-refractivity contribution in [1.29, 1.82) is 0 Å². The van der Waals surface area contributed by atoms with E-state index in [1.807, 2.05) is 0 Å². The quantitative estimate of drug-likeness (QED) is 0.866. The van der Waals surface area contributed by atoms with Crippen LogP contribution in [0, 0.1) is 5.82 Å². The number of halogens is 2. The summed E-state index contributed by atoms with van der Waals surface area (Å²) < 4.78 is 34.4. The van der Waals surface area contributed by atoms with Crippen LogP contribution >= 0.6 is 19.4 Å². The highest BCUT2D eigenvalue weighted by atomic mass is 35.5. The summed E-state index contributed by atoms with van der Waals surface area (Å²) >= 11 is 5.67. The molecular weight excluding hydrogens is 294 g/mol. The Bertz CT molecular complexity index is 617. The minimum atomic E-state index is -4.46. The molecule has 0 heterocycles. The van der Waals surface area contributed by atoms with Crippen LogP contribution in [0.4, 0.5) is 4.39 Å². The van der Waals surface area contributed by atoms with Gasteiger partial charge in [0.2, 0.25) is 0 Å². The van der Waals surface area contributed by atoms with E-state index in [1.165, 1.54) is 42.5 Å². The van der Waals surface area contributed by atoms with Crippen LogP contribution in [-0.2, 0) is 4.57 Å². The molecule has 0 aromatic heterocycles. The van der Waals surface area contributed by atoms with Gasteiger partial charge in [-0.2, -0.15) is 0 Å². The Morgan fingerprint density at radius 1 is 1.05 bits per heavy atom. The number of hydrogen-bond donors (Lipinski definition) is 1. The van der Waals surface area contributed by atoms with E-state index in [9.17, 15) is 13.8 Å². The molecule has 1 unspecified atom stereocenters. The molecule has 4 nitrogen and oxygen atoms in total. The van der Waals surface area contributed by atoms with Gasteiger partial charge in [0.1, 0.15) is 5.75 Å². The molecule has 0 saturated carbocycles. The molecule has 0 bridgehead atoms. The lowest BCUT2D eigenvalue weighted by molar-refractivity contribution is 0.285.